The second kappa shape index (κ2) is 9.71. The Bertz CT molecular complexity index is 923. The Hall–Kier alpha value is -2.64. The van der Waals surface area contributed by atoms with Gasteiger partial charge in [0.2, 0.25) is 0 Å². The molecule has 1 fully saturated rings. The summed E-state index contributed by atoms with van der Waals surface area (Å²) in [6.07, 6.45) is 5.95. The Morgan fingerprint density at radius 1 is 1.17 bits per heavy atom. The van der Waals surface area contributed by atoms with Crippen molar-refractivity contribution in [3.63, 3.8) is 0 Å². The zero-order valence-electron chi connectivity index (χ0n) is 16.7. The van der Waals surface area contributed by atoms with Crippen molar-refractivity contribution in [3.05, 3.63) is 48.5 Å². The van der Waals surface area contributed by atoms with Crippen molar-refractivity contribution in [2.75, 3.05) is 32.2 Å². The highest BCUT2D eigenvalue weighted by Gasteiger charge is 2.14. The van der Waals surface area contributed by atoms with Crippen LogP contribution >= 0.6 is 12.4 Å². The van der Waals surface area contributed by atoms with Crippen LogP contribution in [-0.2, 0) is 4.74 Å². The predicted octanol–water partition coefficient (Wildman–Crippen LogP) is 3.91. The number of anilines is 1. The van der Waals surface area contributed by atoms with E-state index in [4.69, 9.17) is 9.47 Å². The van der Waals surface area contributed by atoms with Crippen LogP contribution in [0.15, 0.2) is 42.9 Å². The number of methoxy groups -OCH3 is 1. The average molecular weight is 416 g/mol. The van der Waals surface area contributed by atoms with Gasteiger partial charge in [-0.05, 0) is 49.9 Å². The fourth-order valence-corrected chi connectivity index (χ4v) is 3.38. The van der Waals surface area contributed by atoms with Crippen LogP contribution in [0, 0.1) is 12.8 Å². The van der Waals surface area contributed by atoms with Gasteiger partial charge in [-0.1, -0.05) is 6.07 Å². The second-order valence-electron chi connectivity index (χ2n) is 7.05. The quantitative estimate of drug-likeness (QED) is 0.658. The Morgan fingerprint density at radius 3 is 2.66 bits per heavy atom. The molecule has 1 saturated heterocycles. The molecule has 1 aromatic carbocycles. The molecule has 1 N–H and O–H groups in total. The van der Waals surface area contributed by atoms with Crippen LogP contribution < -0.4 is 10.1 Å². The van der Waals surface area contributed by atoms with Crippen molar-refractivity contribution in [2.45, 2.75) is 19.8 Å². The zero-order chi connectivity index (χ0) is 19.3. The Kier molecular flexibility index (Phi) is 7.06. The second-order valence-corrected chi connectivity index (χ2v) is 7.05. The summed E-state index contributed by atoms with van der Waals surface area (Å²) in [5.41, 5.74) is 3.67. The minimum Gasteiger partial charge on any atom is -0.495 e. The van der Waals surface area contributed by atoms with Crippen LogP contribution in [0.1, 0.15) is 18.5 Å². The molecule has 0 bridgehead atoms. The molecule has 29 heavy (non-hydrogen) atoms. The van der Waals surface area contributed by atoms with Crippen LogP contribution in [-0.4, -0.2) is 46.6 Å². The van der Waals surface area contributed by atoms with Crippen LogP contribution in [0.2, 0.25) is 0 Å². The summed E-state index contributed by atoms with van der Waals surface area (Å²) in [5, 5.41) is 12.1. The maximum Gasteiger partial charge on any atom is 0.148 e. The molecule has 0 spiro atoms. The highest BCUT2D eigenvalue weighted by atomic mass is 35.5. The van der Waals surface area contributed by atoms with E-state index in [0.29, 0.717) is 5.92 Å². The lowest BCUT2D eigenvalue weighted by Gasteiger charge is -2.22. The standard InChI is InChI=1S/C21H25N5O2.ClH/c1-15-13-26(14-23-15)19-5-3-17(11-20(19)27-2)18-4-6-21(25-24-18)22-12-16-7-9-28-10-8-16;/h3-6,11,13-14,16H,7-10,12H2,1-2H3,(H,22,25);1H. The lowest BCUT2D eigenvalue weighted by molar-refractivity contribution is 0.0699. The van der Waals surface area contributed by atoms with Gasteiger partial charge in [-0.15, -0.1) is 22.6 Å². The SMILES string of the molecule is COc1cc(-c2ccc(NCC3CCOCC3)nn2)ccc1-n1cnc(C)c1.Cl. The molecule has 3 aromatic rings. The molecule has 2 aromatic heterocycles. The zero-order valence-corrected chi connectivity index (χ0v) is 17.5. The van der Waals surface area contributed by atoms with Gasteiger partial charge in [0.15, 0.2) is 0 Å². The number of aryl methyl sites for hydroxylation is 1. The number of rotatable bonds is 6. The molecular weight excluding hydrogens is 390 g/mol. The van der Waals surface area contributed by atoms with Gasteiger partial charge in [0.25, 0.3) is 0 Å². The lowest BCUT2D eigenvalue weighted by atomic mass is 10.0. The summed E-state index contributed by atoms with van der Waals surface area (Å²) in [6, 6.07) is 9.96. The normalized spacial score (nSPS) is 14.3. The van der Waals surface area contributed by atoms with Gasteiger partial charge in [0, 0.05) is 31.5 Å². The van der Waals surface area contributed by atoms with Crippen LogP contribution in [0.25, 0.3) is 16.9 Å². The Balaban J connectivity index is 0.00000240. The molecule has 3 heterocycles. The van der Waals surface area contributed by atoms with Crippen molar-refractivity contribution < 1.29 is 9.47 Å². The summed E-state index contributed by atoms with van der Waals surface area (Å²) in [6.45, 7) is 4.58. The summed E-state index contributed by atoms with van der Waals surface area (Å²) in [4.78, 5) is 4.28. The molecule has 0 atom stereocenters. The van der Waals surface area contributed by atoms with E-state index < -0.39 is 0 Å². The number of hydrogen-bond acceptors (Lipinski definition) is 6. The number of aromatic nitrogens is 4. The number of imidazole rings is 1. The van der Waals surface area contributed by atoms with E-state index in [-0.39, 0.29) is 12.4 Å². The molecule has 8 heteroatoms. The number of nitrogens with one attached hydrogen (secondary N) is 1. The maximum absolute atomic E-state index is 5.58. The van der Waals surface area contributed by atoms with E-state index in [1.807, 2.05) is 48.0 Å². The number of hydrogen-bond donors (Lipinski definition) is 1. The molecular formula is C21H26ClN5O2. The number of nitrogens with zero attached hydrogens (tertiary/aromatic N) is 4. The minimum absolute atomic E-state index is 0. The van der Waals surface area contributed by atoms with Gasteiger partial charge < -0.3 is 19.4 Å². The first-order valence-corrected chi connectivity index (χ1v) is 9.57. The fraction of sp³-hybridized carbons (Fsp3) is 0.381. The lowest BCUT2D eigenvalue weighted by Crippen LogP contribution is -2.23. The van der Waals surface area contributed by atoms with E-state index in [1.54, 1.807) is 13.4 Å². The van der Waals surface area contributed by atoms with Gasteiger partial charge in [-0.2, -0.15) is 0 Å². The minimum atomic E-state index is 0. The third kappa shape index (κ3) is 5.05. The smallest absolute Gasteiger partial charge is 0.148 e. The molecule has 0 amide bonds. The number of ether oxygens (including phenoxy) is 2. The van der Waals surface area contributed by atoms with E-state index in [2.05, 4.69) is 20.5 Å². The van der Waals surface area contributed by atoms with Gasteiger partial charge in [-0.25, -0.2) is 4.98 Å². The third-order valence-corrected chi connectivity index (χ3v) is 5.04. The molecule has 4 rings (SSSR count). The molecule has 0 radical (unpaired) electrons. The molecule has 0 aliphatic carbocycles. The van der Waals surface area contributed by atoms with Crippen molar-refractivity contribution in [1.29, 1.82) is 0 Å². The fourth-order valence-electron chi connectivity index (χ4n) is 3.38. The summed E-state index contributed by atoms with van der Waals surface area (Å²) < 4.78 is 12.9. The molecule has 1 aliphatic heterocycles. The van der Waals surface area contributed by atoms with Crippen molar-refractivity contribution in [3.8, 4) is 22.7 Å². The molecule has 0 saturated carbocycles. The number of benzene rings is 1. The molecule has 154 valence electrons. The topological polar surface area (TPSA) is 74.1 Å². The van der Waals surface area contributed by atoms with Crippen LogP contribution in [0.4, 0.5) is 5.82 Å². The largest absolute Gasteiger partial charge is 0.495 e. The summed E-state index contributed by atoms with van der Waals surface area (Å²) in [5.74, 6) is 2.20. The Labute approximate surface area is 176 Å². The first-order chi connectivity index (χ1) is 13.7. The first kappa shape index (κ1) is 21.1. The summed E-state index contributed by atoms with van der Waals surface area (Å²) in [7, 11) is 1.67. The molecule has 0 unspecified atom stereocenters. The van der Waals surface area contributed by atoms with Crippen LogP contribution in [0.3, 0.4) is 0 Å². The predicted molar refractivity (Wildman–Crippen MR) is 115 cm³/mol. The summed E-state index contributed by atoms with van der Waals surface area (Å²) >= 11 is 0. The Morgan fingerprint density at radius 2 is 2.00 bits per heavy atom. The van der Waals surface area contributed by atoms with Crippen LogP contribution in [0.5, 0.6) is 5.75 Å². The third-order valence-electron chi connectivity index (χ3n) is 5.04. The highest BCUT2D eigenvalue weighted by molar-refractivity contribution is 5.85. The van der Waals surface area contributed by atoms with Crippen molar-refractivity contribution >= 4 is 18.2 Å². The molecule has 1 aliphatic rings. The maximum atomic E-state index is 5.58. The van der Waals surface area contributed by atoms with E-state index in [1.165, 1.54) is 0 Å². The van der Waals surface area contributed by atoms with Gasteiger partial charge >= 0.3 is 0 Å². The van der Waals surface area contributed by atoms with E-state index >= 15 is 0 Å². The monoisotopic (exact) mass is 415 g/mol. The van der Waals surface area contributed by atoms with E-state index in [0.717, 1.165) is 66.8 Å². The van der Waals surface area contributed by atoms with Gasteiger partial charge in [0.1, 0.15) is 11.6 Å². The van der Waals surface area contributed by atoms with Crippen molar-refractivity contribution in [1.82, 2.24) is 19.7 Å². The van der Waals surface area contributed by atoms with E-state index in [9.17, 15) is 0 Å². The highest BCUT2D eigenvalue weighted by Crippen LogP contribution is 2.29. The van der Waals surface area contributed by atoms with Gasteiger partial charge in [0.05, 0.1) is 30.5 Å². The average Bonchev–Trinajstić information content (AvgIpc) is 3.19. The molecule has 7 nitrogen and oxygen atoms in total. The first-order valence-electron chi connectivity index (χ1n) is 9.57. The number of halogens is 1. The van der Waals surface area contributed by atoms with Gasteiger partial charge in [-0.3, -0.25) is 0 Å². The van der Waals surface area contributed by atoms with Crippen molar-refractivity contribution in [2.24, 2.45) is 5.92 Å².